The maximum Gasteiger partial charge on any atom is 0.490 e. The van der Waals surface area contributed by atoms with E-state index >= 15 is 0 Å². The topological polar surface area (TPSA) is 99.9 Å². The Labute approximate surface area is 166 Å². The summed E-state index contributed by atoms with van der Waals surface area (Å²) in [6.45, 7) is 4.09. The molecule has 9 nitrogen and oxygen atoms in total. The van der Waals surface area contributed by atoms with Gasteiger partial charge in [-0.15, -0.1) is 0 Å². The van der Waals surface area contributed by atoms with Gasteiger partial charge in [-0.25, -0.2) is 9.59 Å². The molecule has 1 aromatic heterocycles. The van der Waals surface area contributed by atoms with Gasteiger partial charge in [-0.05, 0) is 12.8 Å². The van der Waals surface area contributed by atoms with Crippen LogP contribution in [0.4, 0.5) is 18.0 Å². The van der Waals surface area contributed by atoms with E-state index in [0.717, 1.165) is 44.8 Å². The highest BCUT2D eigenvalue weighted by atomic mass is 19.4. The fourth-order valence-corrected chi connectivity index (χ4v) is 3.26. The first-order chi connectivity index (χ1) is 13.5. The molecule has 1 aromatic rings. The number of hydrogen-bond donors (Lipinski definition) is 2. The minimum Gasteiger partial charge on any atom is -0.475 e. The van der Waals surface area contributed by atoms with Gasteiger partial charge < -0.3 is 20.1 Å². The summed E-state index contributed by atoms with van der Waals surface area (Å²) in [5.41, 5.74) is 3.55. The van der Waals surface area contributed by atoms with Gasteiger partial charge in [0.15, 0.2) is 0 Å². The second-order valence-electron chi connectivity index (χ2n) is 7.10. The Bertz CT molecular complexity index is 729. The molecule has 2 N–H and O–H groups in total. The lowest BCUT2D eigenvalue weighted by Crippen LogP contribution is -2.36. The van der Waals surface area contributed by atoms with Crippen LogP contribution in [0.5, 0.6) is 0 Å². The molecule has 3 heterocycles. The number of amides is 2. The van der Waals surface area contributed by atoms with E-state index in [9.17, 15) is 18.0 Å². The summed E-state index contributed by atoms with van der Waals surface area (Å²) < 4.78 is 39.2. The van der Waals surface area contributed by atoms with Crippen molar-refractivity contribution in [2.75, 3.05) is 27.3 Å². The Morgan fingerprint density at radius 2 is 1.86 bits per heavy atom. The highest BCUT2D eigenvalue weighted by Gasteiger charge is 2.38. The quantitative estimate of drug-likeness (QED) is 0.764. The summed E-state index contributed by atoms with van der Waals surface area (Å²) in [5.74, 6) is -2.76. The minimum absolute atomic E-state index is 0.0846. The predicted molar refractivity (Wildman–Crippen MR) is 95.9 cm³/mol. The second-order valence-corrected chi connectivity index (χ2v) is 7.10. The van der Waals surface area contributed by atoms with Gasteiger partial charge in [-0.2, -0.15) is 18.3 Å². The Kier molecular flexibility index (Phi) is 7.47. The number of alkyl halides is 3. The fourth-order valence-electron chi connectivity index (χ4n) is 3.26. The molecule has 12 heteroatoms. The molecule has 0 atom stereocenters. The number of ether oxygens (including phenoxy) is 1. The minimum atomic E-state index is -5.08. The zero-order valence-electron chi connectivity index (χ0n) is 16.6. The first-order valence-corrected chi connectivity index (χ1v) is 9.11. The van der Waals surface area contributed by atoms with Crippen molar-refractivity contribution in [3.8, 4) is 0 Å². The SMILES string of the molecule is CN(C)C(=O)NCc1nn(C)c2c1CN(C1CCOCC1)C2.O=C(O)C(F)(F)F. The van der Waals surface area contributed by atoms with Crippen LogP contribution in [0.15, 0.2) is 0 Å². The van der Waals surface area contributed by atoms with Crippen molar-refractivity contribution >= 4 is 12.0 Å². The summed E-state index contributed by atoms with van der Waals surface area (Å²) in [6, 6.07) is 0.518. The van der Waals surface area contributed by atoms with E-state index < -0.39 is 12.1 Å². The van der Waals surface area contributed by atoms with Crippen molar-refractivity contribution in [1.29, 1.82) is 0 Å². The first-order valence-electron chi connectivity index (χ1n) is 9.11. The van der Waals surface area contributed by atoms with Crippen LogP contribution in [0, 0.1) is 0 Å². The lowest BCUT2D eigenvalue weighted by molar-refractivity contribution is -0.192. The Morgan fingerprint density at radius 3 is 2.38 bits per heavy atom. The fraction of sp³-hybridized carbons (Fsp3) is 0.706. The molecule has 2 aliphatic heterocycles. The largest absolute Gasteiger partial charge is 0.490 e. The summed E-state index contributed by atoms with van der Waals surface area (Å²) in [7, 11) is 5.47. The van der Waals surface area contributed by atoms with Gasteiger partial charge in [0.05, 0.1) is 17.9 Å². The normalized spacial score (nSPS) is 17.3. The van der Waals surface area contributed by atoms with Crippen molar-refractivity contribution in [1.82, 2.24) is 24.9 Å². The molecule has 0 radical (unpaired) electrons. The number of urea groups is 1. The van der Waals surface area contributed by atoms with Gasteiger partial charge in [0.2, 0.25) is 0 Å². The van der Waals surface area contributed by atoms with Crippen LogP contribution in [0.25, 0.3) is 0 Å². The molecule has 3 rings (SSSR count). The number of nitrogens with one attached hydrogen (secondary N) is 1. The lowest BCUT2D eigenvalue weighted by Gasteiger charge is -2.30. The molecule has 2 amide bonds. The molecule has 2 aliphatic rings. The summed E-state index contributed by atoms with van der Waals surface area (Å²) >= 11 is 0. The van der Waals surface area contributed by atoms with Crippen molar-refractivity contribution in [3.63, 3.8) is 0 Å². The number of rotatable bonds is 3. The van der Waals surface area contributed by atoms with E-state index in [0.29, 0.717) is 12.6 Å². The molecule has 164 valence electrons. The average Bonchev–Trinajstić information content (AvgIpc) is 3.21. The van der Waals surface area contributed by atoms with Crippen LogP contribution in [-0.4, -0.2) is 76.2 Å². The molecule has 0 unspecified atom stereocenters. The standard InChI is InChI=1S/C15H25N5O2.C2HF3O2/c1-18(2)15(21)16-8-13-12-9-20(10-14(12)19(3)17-13)11-4-6-22-7-5-11;3-2(4,5)1(6)7/h11H,4-10H2,1-3H3,(H,16,21);(H,6,7). The highest BCUT2D eigenvalue weighted by Crippen LogP contribution is 2.29. The maximum atomic E-state index is 11.7. The van der Waals surface area contributed by atoms with Crippen molar-refractivity contribution in [3.05, 3.63) is 17.0 Å². The zero-order chi connectivity index (χ0) is 21.8. The van der Waals surface area contributed by atoms with Crippen LogP contribution in [0.1, 0.15) is 29.8 Å². The number of halogens is 3. The average molecular weight is 421 g/mol. The lowest BCUT2D eigenvalue weighted by atomic mass is 10.1. The summed E-state index contributed by atoms with van der Waals surface area (Å²) in [4.78, 5) is 24.6. The monoisotopic (exact) mass is 421 g/mol. The number of carboxylic acids is 1. The van der Waals surface area contributed by atoms with Gasteiger partial charge in [0.1, 0.15) is 0 Å². The predicted octanol–water partition coefficient (Wildman–Crippen LogP) is 1.32. The first kappa shape index (κ1) is 22.9. The molecule has 0 spiro atoms. The van der Waals surface area contributed by atoms with Crippen LogP contribution >= 0.6 is 0 Å². The second kappa shape index (κ2) is 9.44. The number of carboxylic acid groups (broad SMARTS) is 1. The maximum absolute atomic E-state index is 11.7. The van der Waals surface area contributed by atoms with Crippen LogP contribution < -0.4 is 5.32 Å². The Hall–Kier alpha value is -2.34. The van der Waals surface area contributed by atoms with Crippen LogP contribution in [0.2, 0.25) is 0 Å². The summed E-state index contributed by atoms with van der Waals surface area (Å²) in [5, 5.41) is 14.6. The number of fused-ring (bicyclic) bond motifs is 1. The van der Waals surface area contributed by atoms with Gasteiger partial charge >= 0.3 is 18.2 Å². The number of aryl methyl sites for hydroxylation is 1. The molecular weight excluding hydrogens is 395 g/mol. The van der Waals surface area contributed by atoms with E-state index in [-0.39, 0.29) is 6.03 Å². The van der Waals surface area contributed by atoms with E-state index in [1.54, 1.807) is 14.1 Å². The molecule has 1 fully saturated rings. The van der Waals surface area contributed by atoms with Gasteiger partial charge in [-0.3, -0.25) is 9.58 Å². The van der Waals surface area contributed by atoms with Gasteiger partial charge in [0.25, 0.3) is 0 Å². The molecule has 1 saturated heterocycles. The van der Waals surface area contributed by atoms with E-state index in [1.165, 1.54) is 16.2 Å². The number of aromatic nitrogens is 2. The van der Waals surface area contributed by atoms with E-state index in [4.69, 9.17) is 14.6 Å². The number of nitrogens with zero attached hydrogens (tertiary/aromatic N) is 4. The third-order valence-corrected chi connectivity index (χ3v) is 4.84. The third-order valence-electron chi connectivity index (χ3n) is 4.84. The number of carbonyl (C=O) groups excluding carboxylic acids is 1. The van der Waals surface area contributed by atoms with Gasteiger partial charge in [-0.1, -0.05) is 0 Å². The third kappa shape index (κ3) is 6.07. The van der Waals surface area contributed by atoms with E-state index in [1.807, 2.05) is 11.7 Å². The van der Waals surface area contributed by atoms with Crippen LogP contribution in [-0.2, 0) is 36.2 Å². The number of aliphatic carboxylic acids is 1. The zero-order valence-corrected chi connectivity index (χ0v) is 16.6. The molecule has 0 aromatic carbocycles. The van der Waals surface area contributed by atoms with Crippen molar-refractivity contribution in [2.24, 2.45) is 7.05 Å². The molecule has 0 aliphatic carbocycles. The molecular formula is C17H26F3N5O4. The smallest absolute Gasteiger partial charge is 0.475 e. The Morgan fingerprint density at radius 1 is 1.28 bits per heavy atom. The van der Waals surface area contributed by atoms with Crippen molar-refractivity contribution in [2.45, 2.75) is 44.7 Å². The Balaban J connectivity index is 0.000000370. The number of hydrogen-bond acceptors (Lipinski definition) is 5. The van der Waals surface area contributed by atoms with Crippen LogP contribution in [0.3, 0.4) is 0 Å². The summed E-state index contributed by atoms with van der Waals surface area (Å²) in [6.07, 6.45) is -2.87. The highest BCUT2D eigenvalue weighted by molar-refractivity contribution is 5.73. The van der Waals surface area contributed by atoms with E-state index in [2.05, 4.69) is 15.3 Å². The molecule has 0 saturated carbocycles. The molecule has 29 heavy (non-hydrogen) atoms. The van der Waals surface area contributed by atoms with Gasteiger partial charge in [0, 0.05) is 59.1 Å². The number of carbonyl (C=O) groups is 2. The van der Waals surface area contributed by atoms with Crippen molar-refractivity contribution < 1.29 is 32.6 Å². The molecule has 0 bridgehead atoms.